The first-order chi connectivity index (χ1) is 9.78. The summed E-state index contributed by atoms with van der Waals surface area (Å²) in [6.07, 6.45) is 5.91. The molecule has 1 heterocycles. The Kier molecular flexibility index (Phi) is 4.27. The van der Waals surface area contributed by atoms with E-state index in [0.717, 1.165) is 38.2 Å². The summed E-state index contributed by atoms with van der Waals surface area (Å²) in [5.74, 6) is 1.77. The van der Waals surface area contributed by atoms with E-state index < -0.39 is 0 Å². The summed E-state index contributed by atoms with van der Waals surface area (Å²) in [5, 5.41) is 0. The van der Waals surface area contributed by atoms with Gasteiger partial charge in [0.2, 0.25) is 0 Å². The van der Waals surface area contributed by atoms with Crippen molar-refractivity contribution < 1.29 is 9.47 Å². The Hall–Kier alpha value is -1.06. The lowest BCUT2D eigenvalue weighted by Gasteiger charge is -2.23. The molecule has 2 atom stereocenters. The number of aryl methyl sites for hydroxylation is 1. The Bertz CT molecular complexity index is 456. The monoisotopic (exact) mass is 275 g/mol. The van der Waals surface area contributed by atoms with E-state index >= 15 is 0 Å². The Morgan fingerprint density at radius 2 is 2.25 bits per heavy atom. The van der Waals surface area contributed by atoms with Gasteiger partial charge >= 0.3 is 0 Å². The van der Waals surface area contributed by atoms with E-state index in [-0.39, 0.29) is 12.1 Å². The third-order valence-electron chi connectivity index (χ3n) is 4.39. The van der Waals surface area contributed by atoms with Crippen molar-refractivity contribution in [3.8, 4) is 5.75 Å². The summed E-state index contributed by atoms with van der Waals surface area (Å²) < 4.78 is 11.4. The molecule has 2 N–H and O–H groups in total. The second kappa shape index (κ2) is 6.15. The molecule has 0 saturated heterocycles. The van der Waals surface area contributed by atoms with Gasteiger partial charge in [0.25, 0.3) is 0 Å². The fourth-order valence-corrected chi connectivity index (χ4v) is 3.12. The molecule has 1 aliphatic carbocycles. The molecule has 3 heteroatoms. The Morgan fingerprint density at radius 1 is 1.40 bits per heavy atom. The van der Waals surface area contributed by atoms with Crippen LogP contribution >= 0.6 is 0 Å². The molecule has 1 aliphatic heterocycles. The lowest BCUT2D eigenvalue weighted by molar-refractivity contribution is 0.0269. The number of hydrogen-bond acceptors (Lipinski definition) is 3. The highest BCUT2D eigenvalue weighted by Gasteiger charge is 2.35. The van der Waals surface area contributed by atoms with Gasteiger partial charge < -0.3 is 15.2 Å². The first-order valence-corrected chi connectivity index (χ1v) is 7.89. The van der Waals surface area contributed by atoms with Gasteiger partial charge in [-0.25, -0.2) is 0 Å². The van der Waals surface area contributed by atoms with Crippen LogP contribution in [0.1, 0.15) is 37.3 Å². The maximum Gasteiger partial charge on any atom is 0.122 e. The van der Waals surface area contributed by atoms with Crippen molar-refractivity contribution in [2.45, 2.75) is 51.2 Å². The van der Waals surface area contributed by atoms with Crippen molar-refractivity contribution in [3.63, 3.8) is 0 Å². The van der Waals surface area contributed by atoms with Crippen molar-refractivity contribution in [3.05, 3.63) is 29.3 Å². The molecule has 0 amide bonds. The fourth-order valence-electron chi connectivity index (χ4n) is 3.12. The minimum absolute atomic E-state index is 0.159. The van der Waals surface area contributed by atoms with Gasteiger partial charge in [0, 0.05) is 19.1 Å². The highest BCUT2D eigenvalue weighted by Crippen LogP contribution is 2.36. The molecule has 0 spiro atoms. The van der Waals surface area contributed by atoms with Gasteiger partial charge in [0.15, 0.2) is 0 Å². The van der Waals surface area contributed by atoms with Gasteiger partial charge in [0.1, 0.15) is 5.75 Å². The van der Waals surface area contributed by atoms with Crippen molar-refractivity contribution >= 4 is 0 Å². The van der Waals surface area contributed by atoms with Crippen molar-refractivity contribution in [2.75, 3.05) is 13.2 Å². The molecule has 2 unspecified atom stereocenters. The second-order valence-corrected chi connectivity index (χ2v) is 6.00. The predicted octanol–water partition coefficient (Wildman–Crippen LogP) is 2.70. The van der Waals surface area contributed by atoms with Crippen LogP contribution in [0, 0.1) is 5.92 Å². The van der Waals surface area contributed by atoms with Crippen LogP contribution in [0.3, 0.4) is 0 Å². The van der Waals surface area contributed by atoms with Crippen LogP contribution < -0.4 is 10.5 Å². The molecule has 2 aliphatic rings. The Labute approximate surface area is 121 Å². The van der Waals surface area contributed by atoms with Gasteiger partial charge in [0.05, 0.1) is 12.7 Å². The molecule has 0 radical (unpaired) electrons. The summed E-state index contributed by atoms with van der Waals surface area (Å²) >= 11 is 0. The van der Waals surface area contributed by atoms with Crippen LogP contribution in [0.4, 0.5) is 0 Å². The zero-order valence-electron chi connectivity index (χ0n) is 12.3. The predicted molar refractivity (Wildman–Crippen MR) is 80.1 cm³/mol. The summed E-state index contributed by atoms with van der Waals surface area (Å²) in [7, 11) is 0. The number of hydrogen-bond donors (Lipinski definition) is 1. The molecule has 3 rings (SSSR count). The van der Waals surface area contributed by atoms with Gasteiger partial charge in [-0.3, -0.25) is 0 Å². The topological polar surface area (TPSA) is 44.5 Å². The normalized spacial score (nSPS) is 20.3. The lowest BCUT2D eigenvalue weighted by atomic mass is 9.98. The van der Waals surface area contributed by atoms with E-state index in [9.17, 15) is 0 Å². The van der Waals surface area contributed by atoms with Crippen LogP contribution in [0.2, 0.25) is 0 Å². The van der Waals surface area contributed by atoms with Crippen LogP contribution in [-0.4, -0.2) is 25.4 Å². The zero-order chi connectivity index (χ0) is 13.9. The van der Waals surface area contributed by atoms with Crippen molar-refractivity contribution in [1.29, 1.82) is 0 Å². The maximum absolute atomic E-state index is 6.36. The molecular weight excluding hydrogens is 250 g/mol. The molecular formula is C17H25NO2. The van der Waals surface area contributed by atoms with E-state index in [1.807, 2.05) is 0 Å². The van der Waals surface area contributed by atoms with E-state index in [2.05, 4.69) is 25.1 Å². The summed E-state index contributed by atoms with van der Waals surface area (Å²) in [6, 6.07) is 6.71. The first kappa shape index (κ1) is 13.9. The molecule has 0 bridgehead atoms. The molecule has 1 fully saturated rings. The minimum atomic E-state index is 0.159. The largest absolute Gasteiger partial charge is 0.493 e. The Morgan fingerprint density at radius 3 is 3.00 bits per heavy atom. The molecule has 0 aromatic heterocycles. The number of benzene rings is 1. The zero-order valence-corrected chi connectivity index (χ0v) is 12.3. The number of fused-ring (bicyclic) bond motifs is 1. The average Bonchev–Trinajstić information content (AvgIpc) is 3.19. The molecule has 1 aromatic rings. The fraction of sp³-hybridized carbons (Fsp3) is 0.647. The highest BCUT2D eigenvalue weighted by molar-refractivity contribution is 5.39. The average molecular weight is 275 g/mol. The number of ether oxygens (including phenoxy) is 2. The lowest BCUT2D eigenvalue weighted by Crippen LogP contribution is -2.38. The third kappa shape index (κ3) is 3.15. The van der Waals surface area contributed by atoms with Crippen molar-refractivity contribution in [2.24, 2.45) is 11.7 Å². The van der Waals surface area contributed by atoms with E-state index in [0.29, 0.717) is 5.92 Å². The minimum Gasteiger partial charge on any atom is -0.493 e. The smallest absolute Gasteiger partial charge is 0.122 e. The summed E-state index contributed by atoms with van der Waals surface area (Å²) in [5.41, 5.74) is 9.07. The van der Waals surface area contributed by atoms with E-state index in [4.69, 9.17) is 15.2 Å². The van der Waals surface area contributed by atoms with Crippen LogP contribution in [0.15, 0.2) is 18.2 Å². The molecule has 1 aromatic carbocycles. The van der Waals surface area contributed by atoms with Gasteiger partial charge in [-0.05, 0) is 55.7 Å². The molecule has 110 valence electrons. The number of rotatable bonds is 7. The van der Waals surface area contributed by atoms with E-state index in [1.54, 1.807) is 0 Å². The van der Waals surface area contributed by atoms with Gasteiger partial charge in [-0.1, -0.05) is 12.1 Å². The number of nitrogens with two attached hydrogens (primary N) is 1. The van der Waals surface area contributed by atoms with Crippen LogP contribution in [-0.2, 0) is 17.6 Å². The molecule has 20 heavy (non-hydrogen) atoms. The molecule has 1 saturated carbocycles. The standard InChI is InChI=1S/C17H25NO2/c1-2-19-17(13-5-6-13)15(18)7-3-12-4-8-16-14(11-12)9-10-20-16/h4,8,11,13,15,17H,2-3,5-7,9-10,18H2,1H3. The Balaban J connectivity index is 1.55. The molecule has 3 nitrogen and oxygen atoms in total. The third-order valence-corrected chi connectivity index (χ3v) is 4.39. The maximum atomic E-state index is 6.36. The quantitative estimate of drug-likeness (QED) is 0.832. The SMILES string of the molecule is CCOC(C(N)CCc1ccc2c(c1)CCO2)C1CC1. The van der Waals surface area contributed by atoms with Crippen LogP contribution in [0.25, 0.3) is 0 Å². The van der Waals surface area contributed by atoms with Crippen LogP contribution in [0.5, 0.6) is 5.75 Å². The van der Waals surface area contributed by atoms with Gasteiger partial charge in [-0.2, -0.15) is 0 Å². The summed E-state index contributed by atoms with van der Waals surface area (Å²) in [4.78, 5) is 0. The van der Waals surface area contributed by atoms with Crippen molar-refractivity contribution in [1.82, 2.24) is 0 Å². The first-order valence-electron chi connectivity index (χ1n) is 7.89. The highest BCUT2D eigenvalue weighted by atomic mass is 16.5. The second-order valence-electron chi connectivity index (χ2n) is 6.00. The summed E-state index contributed by atoms with van der Waals surface area (Å²) in [6.45, 7) is 3.65. The van der Waals surface area contributed by atoms with E-state index in [1.165, 1.54) is 24.0 Å². The van der Waals surface area contributed by atoms with Gasteiger partial charge in [-0.15, -0.1) is 0 Å².